The largest absolute Gasteiger partial charge is 0.417 e. The molecule has 194 valence electrons. The van der Waals surface area contributed by atoms with Crippen molar-refractivity contribution in [3.63, 3.8) is 0 Å². The van der Waals surface area contributed by atoms with Crippen molar-refractivity contribution in [3.8, 4) is 0 Å². The second kappa shape index (κ2) is 16.8. The van der Waals surface area contributed by atoms with E-state index < -0.39 is 42.5 Å². The molecule has 0 saturated carbocycles. The van der Waals surface area contributed by atoms with E-state index in [1.54, 1.807) is 13.8 Å². The summed E-state index contributed by atoms with van der Waals surface area (Å²) in [6, 6.07) is 0. The maximum Gasteiger partial charge on any atom is 0.417 e. The van der Waals surface area contributed by atoms with Crippen LogP contribution in [0.1, 0.15) is 61.8 Å². The molecule has 0 aromatic heterocycles. The molecular weight excluding hydrogens is 444 g/mol. The number of hydrogen-bond acceptors (Lipinski definition) is 4. The van der Waals surface area contributed by atoms with Gasteiger partial charge in [0.2, 0.25) is 0 Å². The number of halogens is 8. The van der Waals surface area contributed by atoms with E-state index in [-0.39, 0.29) is 19.1 Å². The van der Waals surface area contributed by atoms with E-state index in [9.17, 15) is 35.1 Å². The van der Waals surface area contributed by atoms with Crippen LogP contribution in [0, 0.1) is 17.3 Å². The third-order valence-electron chi connectivity index (χ3n) is 3.82. The van der Waals surface area contributed by atoms with E-state index in [2.05, 4.69) is 18.6 Å². The Balaban J connectivity index is -0.000000166. The molecule has 0 aromatic rings. The molecule has 0 radical (unpaired) electrons. The van der Waals surface area contributed by atoms with Crippen molar-refractivity contribution in [3.05, 3.63) is 0 Å². The smallest absolute Gasteiger partial charge is 0.394 e. The van der Waals surface area contributed by atoms with Crippen molar-refractivity contribution < 1.29 is 55.2 Å². The zero-order valence-corrected chi connectivity index (χ0v) is 19.3. The van der Waals surface area contributed by atoms with E-state index in [0.717, 1.165) is 13.8 Å². The first kappa shape index (κ1) is 37.6. The van der Waals surface area contributed by atoms with Gasteiger partial charge in [0, 0.05) is 5.92 Å². The fourth-order valence-electron chi connectivity index (χ4n) is 0.932. The quantitative estimate of drug-likeness (QED) is 0.302. The number of aliphatic hydroxyl groups is 3. The van der Waals surface area contributed by atoms with Crippen LogP contribution in [0.3, 0.4) is 0 Å². The van der Waals surface area contributed by atoms with Gasteiger partial charge in [0.15, 0.2) is 0 Å². The lowest BCUT2D eigenvalue weighted by atomic mass is 9.80. The topological polar surface area (TPSA) is 69.9 Å². The first-order valence-electron chi connectivity index (χ1n) is 9.62. The monoisotopic (exact) mass is 482 g/mol. The minimum absolute atomic E-state index is 0.00958. The van der Waals surface area contributed by atoms with Crippen molar-refractivity contribution >= 4 is 0 Å². The highest BCUT2D eigenvalue weighted by molar-refractivity contribution is 4.79. The number of alkyl halides is 8. The van der Waals surface area contributed by atoms with E-state index in [1.807, 2.05) is 0 Å². The summed E-state index contributed by atoms with van der Waals surface area (Å²) in [5, 5.41) is 24.0. The number of rotatable bonds is 8. The summed E-state index contributed by atoms with van der Waals surface area (Å²) < 4.78 is 98.4. The Hall–Kier alpha value is -0.720. The standard InChI is InChI=1S/C7H14F2O.C5H8F4O.C4H8F2O2.C3H8/c1-5(2)6(3,4)7(8,9)10;1-3(2)4(6,7)5(8,9)10;5-4(6)3-8-2-1-7;1-3-2/h5,10H,1-4H3;3,10H,1-2H3;4,7H,1-3H2;3H2,1-2H3. The predicted molar refractivity (Wildman–Crippen MR) is 103 cm³/mol. The molecule has 0 fully saturated rings. The van der Waals surface area contributed by atoms with Gasteiger partial charge in [-0.1, -0.05) is 61.8 Å². The van der Waals surface area contributed by atoms with Gasteiger partial charge in [0.25, 0.3) is 6.43 Å². The maximum atomic E-state index is 12.3. The summed E-state index contributed by atoms with van der Waals surface area (Å²) in [5.41, 5.74) is -1.34. The Kier molecular flexibility index (Phi) is 20.4. The van der Waals surface area contributed by atoms with Crippen LogP contribution in [0.25, 0.3) is 0 Å². The molecule has 0 aliphatic carbocycles. The van der Waals surface area contributed by atoms with Crippen LogP contribution >= 0.6 is 0 Å². The molecule has 31 heavy (non-hydrogen) atoms. The van der Waals surface area contributed by atoms with E-state index >= 15 is 0 Å². The van der Waals surface area contributed by atoms with Crippen LogP contribution in [0.4, 0.5) is 35.1 Å². The fraction of sp³-hybridized carbons (Fsp3) is 1.00. The van der Waals surface area contributed by atoms with Gasteiger partial charge in [0.05, 0.1) is 18.6 Å². The van der Waals surface area contributed by atoms with Gasteiger partial charge in [-0.05, 0) is 5.92 Å². The first-order valence-corrected chi connectivity index (χ1v) is 9.62. The van der Waals surface area contributed by atoms with Crippen molar-refractivity contribution in [2.24, 2.45) is 17.3 Å². The molecule has 0 atom stereocenters. The third kappa shape index (κ3) is 18.5. The molecule has 0 spiro atoms. The summed E-state index contributed by atoms with van der Waals surface area (Å²) in [5.74, 6) is -6.16. The summed E-state index contributed by atoms with van der Waals surface area (Å²) in [7, 11) is 0. The highest BCUT2D eigenvalue weighted by Crippen LogP contribution is 2.40. The molecule has 0 aromatic carbocycles. The average Bonchev–Trinajstić information content (AvgIpc) is 2.54. The number of hydrogen-bond donors (Lipinski definition) is 3. The molecule has 0 saturated heterocycles. The molecule has 0 aliphatic heterocycles. The van der Waals surface area contributed by atoms with Crippen LogP contribution in [-0.2, 0) is 4.74 Å². The van der Waals surface area contributed by atoms with Crippen molar-refractivity contribution in [1.29, 1.82) is 0 Å². The second-order valence-corrected chi connectivity index (χ2v) is 7.63. The molecule has 0 aliphatic rings. The summed E-state index contributed by atoms with van der Waals surface area (Å²) in [6.07, 6.45) is -9.68. The maximum absolute atomic E-state index is 12.3. The van der Waals surface area contributed by atoms with Crippen LogP contribution in [0.5, 0.6) is 0 Å². The number of aliphatic hydroxyl groups excluding tert-OH is 1. The molecule has 0 unspecified atom stereocenters. The van der Waals surface area contributed by atoms with Gasteiger partial charge >= 0.3 is 18.1 Å². The number of ether oxygens (including phenoxy) is 1. The molecule has 12 heteroatoms. The van der Waals surface area contributed by atoms with Gasteiger partial charge in [-0.25, -0.2) is 8.78 Å². The molecule has 0 bridgehead atoms. The molecule has 0 heterocycles. The lowest BCUT2D eigenvalue weighted by molar-refractivity contribution is -0.338. The Morgan fingerprint density at radius 2 is 1.13 bits per heavy atom. The first-order chi connectivity index (χ1) is 13.6. The minimum atomic E-state index is -4.92. The Labute approximate surface area is 179 Å². The van der Waals surface area contributed by atoms with Crippen LogP contribution in [-0.4, -0.2) is 59.7 Å². The minimum Gasteiger partial charge on any atom is -0.394 e. The normalized spacial score (nSPS) is 12.6. The van der Waals surface area contributed by atoms with Crippen molar-refractivity contribution in [1.82, 2.24) is 0 Å². The lowest BCUT2D eigenvalue weighted by Crippen LogP contribution is -2.44. The lowest BCUT2D eigenvalue weighted by Gasteiger charge is -2.33. The third-order valence-corrected chi connectivity index (χ3v) is 3.82. The molecule has 0 amide bonds. The van der Waals surface area contributed by atoms with Crippen molar-refractivity contribution in [2.45, 2.75) is 86.4 Å². The van der Waals surface area contributed by atoms with Gasteiger partial charge in [-0.3, -0.25) is 0 Å². The highest BCUT2D eigenvalue weighted by atomic mass is 19.3. The van der Waals surface area contributed by atoms with Crippen LogP contribution < -0.4 is 0 Å². The van der Waals surface area contributed by atoms with E-state index in [1.165, 1.54) is 20.3 Å². The van der Waals surface area contributed by atoms with E-state index in [4.69, 9.17) is 15.3 Å². The molecule has 0 rings (SSSR count). The predicted octanol–water partition coefficient (Wildman–Crippen LogP) is 5.79. The van der Waals surface area contributed by atoms with E-state index in [0.29, 0.717) is 0 Å². The van der Waals surface area contributed by atoms with Gasteiger partial charge in [0.1, 0.15) is 6.61 Å². The van der Waals surface area contributed by atoms with Crippen LogP contribution in [0.2, 0.25) is 0 Å². The van der Waals surface area contributed by atoms with Gasteiger partial charge in [-0.15, -0.1) is 0 Å². The second-order valence-electron chi connectivity index (χ2n) is 7.63. The Bertz CT molecular complexity index is 377. The fourth-order valence-corrected chi connectivity index (χ4v) is 0.932. The van der Waals surface area contributed by atoms with Gasteiger partial charge < -0.3 is 20.1 Å². The summed E-state index contributed by atoms with van der Waals surface area (Å²) in [4.78, 5) is 0. The Morgan fingerprint density at radius 1 is 0.774 bits per heavy atom. The molecular formula is C19H38F8O4. The zero-order chi connectivity index (χ0) is 26.3. The highest BCUT2D eigenvalue weighted by Gasteiger charge is 2.57. The Morgan fingerprint density at radius 3 is 1.23 bits per heavy atom. The van der Waals surface area contributed by atoms with Crippen LogP contribution in [0.15, 0.2) is 0 Å². The SMILES string of the molecule is CC(C)C(C)(C)C(O)(F)F.CC(C)C(F)(F)C(O)(F)F.CCC.OCCOCC(F)F. The summed E-state index contributed by atoms with van der Waals surface area (Å²) >= 11 is 0. The van der Waals surface area contributed by atoms with Gasteiger partial charge in [-0.2, -0.15) is 26.3 Å². The summed E-state index contributed by atoms with van der Waals surface area (Å²) in [6.45, 7) is 11.3. The molecule has 3 N–H and O–H groups in total. The zero-order valence-electron chi connectivity index (χ0n) is 19.3. The molecule has 4 nitrogen and oxygen atoms in total. The average molecular weight is 482 g/mol. The van der Waals surface area contributed by atoms with Crippen molar-refractivity contribution in [2.75, 3.05) is 19.8 Å².